The number of esters is 1. The number of ketones is 1. The van der Waals surface area contributed by atoms with Gasteiger partial charge in [-0.15, -0.1) is 0 Å². The van der Waals surface area contributed by atoms with Crippen LogP contribution in [0.25, 0.3) is 0 Å². The van der Waals surface area contributed by atoms with Crippen LogP contribution in [-0.2, 0) is 9.53 Å². The summed E-state index contributed by atoms with van der Waals surface area (Å²) in [6.45, 7) is 4.01. The Morgan fingerprint density at radius 3 is 2.43 bits per heavy atom. The van der Waals surface area contributed by atoms with Crippen molar-refractivity contribution in [1.29, 1.82) is 0 Å². The van der Waals surface area contributed by atoms with E-state index in [0.29, 0.717) is 5.56 Å². The van der Waals surface area contributed by atoms with E-state index >= 15 is 0 Å². The molecule has 0 spiro atoms. The van der Waals surface area contributed by atoms with Crippen molar-refractivity contribution >= 4 is 11.8 Å². The number of Topliss-reactive ketones (excluding diaryl/α,β-unsaturated/α-hetero) is 1. The zero-order chi connectivity index (χ0) is 15.7. The molecule has 1 rings (SSSR count). The highest BCUT2D eigenvalue weighted by atomic mass is 16.5. The number of unbranched alkanes of at least 4 members (excludes halogenated alkanes) is 3. The first kappa shape index (κ1) is 17.2. The molecule has 4 nitrogen and oxygen atoms in total. The predicted octanol–water partition coefficient (Wildman–Crippen LogP) is 3.87. The molecule has 1 aromatic rings. The number of carbonyl (C=O) groups excluding carboxylic acids is 2. The van der Waals surface area contributed by atoms with E-state index in [4.69, 9.17) is 9.84 Å². The van der Waals surface area contributed by atoms with Crippen LogP contribution < -0.4 is 0 Å². The van der Waals surface area contributed by atoms with Crippen molar-refractivity contribution in [1.82, 2.24) is 0 Å². The number of rotatable bonds is 9. The van der Waals surface area contributed by atoms with Crippen LogP contribution in [0.15, 0.2) is 24.3 Å². The molecule has 1 atom stereocenters. The van der Waals surface area contributed by atoms with Crippen molar-refractivity contribution in [3.05, 3.63) is 29.8 Å². The first-order chi connectivity index (χ1) is 10.0. The van der Waals surface area contributed by atoms with Gasteiger partial charge in [-0.2, -0.15) is 0 Å². The van der Waals surface area contributed by atoms with Gasteiger partial charge in [-0.1, -0.05) is 26.2 Å². The van der Waals surface area contributed by atoms with E-state index in [9.17, 15) is 9.59 Å². The maximum atomic E-state index is 11.9. The summed E-state index contributed by atoms with van der Waals surface area (Å²) in [6, 6.07) is 5.85. The minimum Gasteiger partial charge on any atom is -0.508 e. The molecule has 1 aromatic carbocycles. The maximum Gasteiger partial charge on any atom is 0.313 e. The molecule has 0 heterocycles. The van der Waals surface area contributed by atoms with Gasteiger partial charge in [0.25, 0.3) is 0 Å². The topological polar surface area (TPSA) is 63.6 Å². The number of benzene rings is 1. The molecular weight excluding hydrogens is 268 g/mol. The molecule has 0 aliphatic rings. The van der Waals surface area contributed by atoms with Crippen molar-refractivity contribution < 1.29 is 19.4 Å². The Bertz CT molecular complexity index is 450. The molecule has 116 valence electrons. The lowest BCUT2D eigenvalue weighted by Crippen LogP contribution is -2.18. The third-order valence-electron chi connectivity index (χ3n) is 3.29. The minimum absolute atomic E-state index is 0.0924. The Labute approximate surface area is 126 Å². The molecule has 0 fully saturated rings. The van der Waals surface area contributed by atoms with Gasteiger partial charge >= 0.3 is 5.97 Å². The summed E-state index contributed by atoms with van der Waals surface area (Å²) in [5, 5.41) is 9.16. The molecule has 0 aromatic heterocycles. The van der Waals surface area contributed by atoms with Gasteiger partial charge in [-0.3, -0.25) is 9.59 Å². The second kappa shape index (κ2) is 9.16. The van der Waals surface area contributed by atoms with E-state index in [2.05, 4.69) is 6.92 Å². The van der Waals surface area contributed by atoms with Gasteiger partial charge in [0.05, 0.1) is 6.10 Å². The third-order valence-corrected chi connectivity index (χ3v) is 3.29. The molecule has 0 aliphatic carbocycles. The monoisotopic (exact) mass is 292 g/mol. The zero-order valence-electron chi connectivity index (χ0n) is 12.8. The second-order valence-electron chi connectivity index (χ2n) is 5.30. The zero-order valence-corrected chi connectivity index (χ0v) is 12.8. The van der Waals surface area contributed by atoms with E-state index in [1.807, 2.05) is 6.92 Å². The van der Waals surface area contributed by atoms with Gasteiger partial charge in [0.15, 0.2) is 5.78 Å². The average Bonchev–Trinajstić information content (AvgIpc) is 2.44. The fourth-order valence-electron chi connectivity index (χ4n) is 2.06. The summed E-state index contributed by atoms with van der Waals surface area (Å²) in [6.07, 6.45) is 4.97. The van der Waals surface area contributed by atoms with Crippen molar-refractivity contribution in [3.63, 3.8) is 0 Å². The molecule has 0 bridgehead atoms. The molecule has 1 N–H and O–H groups in total. The number of aromatic hydroxyl groups is 1. The van der Waals surface area contributed by atoms with Crippen molar-refractivity contribution in [2.75, 3.05) is 0 Å². The van der Waals surface area contributed by atoms with Gasteiger partial charge in [-0.25, -0.2) is 0 Å². The van der Waals surface area contributed by atoms with Crippen LogP contribution in [0.1, 0.15) is 62.7 Å². The van der Waals surface area contributed by atoms with Gasteiger partial charge in [-0.05, 0) is 44.0 Å². The summed E-state index contributed by atoms with van der Waals surface area (Å²) in [5.74, 6) is -0.691. The molecule has 0 saturated heterocycles. The summed E-state index contributed by atoms with van der Waals surface area (Å²) in [5.41, 5.74) is 0.403. The van der Waals surface area contributed by atoms with Crippen molar-refractivity contribution in [2.24, 2.45) is 0 Å². The minimum atomic E-state index is -0.490. The summed E-state index contributed by atoms with van der Waals surface area (Å²) < 4.78 is 5.24. The molecular formula is C17H24O4. The molecule has 4 heteroatoms. The number of hydrogen-bond acceptors (Lipinski definition) is 4. The van der Waals surface area contributed by atoms with Crippen LogP contribution in [-0.4, -0.2) is 23.0 Å². The van der Waals surface area contributed by atoms with E-state index in [1.165, 1.54) is 37.1 Å². The largest absolute Gasteiger partial charge is 0.508 e. The average molecular weight is 292 g/mol. The van der Waals surface area contributed by atoms with Crippen molar-refractivity contribution in [2.45, 2.75) is 58.5 Å². The molecule has 21 heavy (non-hydrogen) atoms. The normalized spacial score (nSPS) is 11.9. The Hall–Kier alpha value is -1.84. The fourth-order valence-corrected chi connectivity index (χ4v) is 2.06. The quantitative estimate of drug-likeness (QED) is 0.325. The van der Waals surface area contributed by atoms with Crippen LogP contribution in [0.3, 0.4) is 0 Å². The highest BCUT2D eigenvalue weighted by molar-refractivity contribution is 6.05. The van der Waals surface area contributed by atoms with Gasteiger partial charge in [0, 0.05) is 5.56 Å². The molecule has 0 amide bonds. The standard InChI is InChI=1S/C17H24O4/c1-3-4-5-6-7-13(2)21-17(20)12-16(19)14-8-10-15(18)11-9-14/h8-11,13,18H,3-7,12H2,1-2H3/t13-/m0/s1. The van der Waals surface area contributed by atoms with Gasteiger partial charge < -0.3 is 9.84 Å². The second-order valence-corrected chi connectivity index (χ2v) is 5.30. The summed E-state index contributed by atoms with van der Waals surface area (Å²) in [7, 11) is 0. The Kier molecular flexibility index (Phi) is 7.51. The van der Waals surface area contributed by atoms with Gasteiger partial charge in [0.1, 0.15) is 12.2 Å². The predicted molar refractivity (Wildman–Crippen MR) is 81.4 cm³/mol. The summed E-state index contributed by atoms with van der Waals surface area (Å²) in [4.78, 5) is 23.6. The van der Waals surface area contributed by atoms with Crippen LogP contribution in [0, 0.1) is 0 Å². The van der Waals surface area contributed by atoms with Crippen LogP contribution in [0.5, 0.6) is 5.75 Å². The third kappa shape index (κ3) is 6.93. The lowest BCUT2D eigenvalue weighted by atomic mass is 10.1. The number of phenolic OH excluding ortho intramolecular Hbond substituents is 1. The fraction of sp³-hybridized carbons (Fsp3) is 0.529. The SMILES string of the molecule is CCCCCC[C@H](C)OC(=O)CC(=O)c1ccc(O)cc1. The van der Waals surface area contributed by atoms with E-state index in [0.717, 1.165) is 19.3 Å². The first-order valence-electron chi connectivity index (χ1n) is 7.54. The Morgan fingerprint density at radius 2 is 1.81 bits per heavy atom. The lowest BCUT2D eigenvalue weighted by Gasteiger charge is -2.12. The smallest absolute Gasteiger partial charge is 0.313 e. The number of phenols is 1. The molecule has 0 radical (unpaired) electrons. The molecule has 0 unspecified atom stereocenters. The Morgan fingerprint density at radius 1 is 1.14 bits per heavy atom. The molecule has 0 saturated carbocycles. The first-order valence-corrected chi connectivity index (χ1v) is 7.54. The summed E-state index contributed by atoms with van der Waals surface area (Å²) >= 11 is 0. The highest BCUT2D eigenvalue weighted by Crippen LogP contribution is 2.13. The van der Waals surface area contributed by atoms with E-state index in [-0.39, 0.29) is 24.1 Å². The van der Waals surface area contributed by atoms with Crippen molar-refractivity contribution in [3.8, 4) is 5.75 Å². The van der Waals surface area contributed by atoms with Gasteiger partial charge in [0.2, 0.25) is 0 Å². The van der Waals surface area contributed by atoms with E-state index in [1.54, 1.807) is 0 Å². The molecule has 0 aliphatic heterocycles. The van der Waals surface area contributed by atoms with Crippen LogP contribution in [0.2, 0.25) is 0 Å². The Balaban J connectivity index is 2.32. The van der Waals surface area contributed by atoms with Crippen LogP contribution >= 0.6 is 0 Å². The van der Waals surface area contributed by atoms with E-state index < -0.39 is 5.97 Å². The maximum absolute atomic E-state index is 11.9. The number of hydrogen-bond donors (Lipinski definition) is 1. The highest BCUT2D eigenvalue weighted by Gasteiger charge is 2.15. The lowest BCUT2D eigenvalue weighted by molar-refractivity contribution is -0.147. The van der Waals surface area contributed by atoms with Crippen LogP contribution in [0.4, 0.5) is 0 Å². The number of carbonyl (C=O) groups is 2. The number of ether oxygens (including phenoxy) is 1.